The molecule has 2 N–H and O–H groups in total. The predicted octanol–water partition coefficient (Wildman–Crippen LogP) is 4.22. The van der Waals surface area contributed by atoms with E-state index in [0.717, 1.165) is 36.0 Å². The lowest BCUT2D eigenvalue weighted by atomic mass is 9.95. The Morgan fingerprint density at radius 1 is 1.18 bits per heavy atom. The smallest absolute Gasteiger partial charge is 0.246 e. The van der Waals surface area contributed by atoms with Gasteiger partial charge in [0, 0.05) is 60.7 Å². The Hall–Kier alpha value is -3.76. The third kappa shape index (κ3) is 4.57. The van der Waals surface area contributed by atoms with Gasteiger partial charge < -0.3 is 20.0 Å². The number of carbonyl (C=O) groups excluding carboxylic acids is 1. The molecular weight excluding hydrogens is 519 g/mol. The monoisotopic (exact) mass is 548 g/mol. The number of halogens is 2. The second-order valence-corrected chi connectivity index (χ2v) is 10.7. The quantitative estimate of drug-likeness (QED) is 0.361. The second kappa shape index (κ2) is 10.1. The molecule has 6 rings (SSSR count). The zero-order valence-electron chi connectivity index (χ0n) is 22.0. The fraction of sp³-hybridized carbons (Fsp3) is 0.357. The van der Waals surface area contributed by atoms with Gasteiger partial charge in [-0.1, -0.05) is 24.2 Å². The van der Waals surface area contributed by atoms with Crippen molar-refractivity contribution in [3.8, 4) is 11.1 Å². The molecule has 0 aliphatic carbocycles. The first kappa shape index (κ1) is 25.5. The van der Waals surface area contributed by atoms with Gasteiger partial charge in [0.2, 0.25) is 11.9 Å². The summed E-state index contributed by atoms with van der Waals surface area (Å²) in [6.45, 7) is 9.48. The number of carbonyl (C=O) groups is 1. The van der Waals surface area contributed by atoms with Crippen molar-refractivity contribution in [1.82, 2.24) is 30.0 Å². The Labute approximate surface area is 230 Å². The summed E-state index contributed by atoms with van der Waals surface area (Å²) in [6.07, 6.45) is 3.97. The van der Waals surface area contributed by atoms with Crippen LogP contribution in [0.3, 0.4) is 0 Å². The Morgan fingerprint density at radius 3 is 2.69 bits per heavy atom. The summed E-state index contributed by atoms with van der Waals surface area (Å²) in [7, 11) is 2.07. The number of rotatable bonds is 5. The molecule has 0 spiro atoms. The molecule has 2 aromatic carbocycles. The summed E-state index contributed by atoms with van der Waals surface area (Å²) in [4.78, 5) is 27.8. The first-order chi connectivity index (χ1) is 18.8. The van der Waals surface area contributed by atoms with Crippen LogP contribution in [0.4, 0.5) is 16.2 Å². The van der Waals surface area contributed by atoms with Crippen LogP contribution in [0.15, 0.2) is 37.1 Å². The zero-order valence-corrected chi connectivity index (χ0v) is 22.7. The van der Waals surface area contributed by atoms with Gasteiger partial charge in [-0.3, -0.25) is 9.89 Å². The lowest BCUT2D eigenvalue weighted by Crippen LogP contribution is -2.48. The maximum absolute atomic E-state index is 16.6. The molecule has 1 atom stereocenters. The molecule has 9 nitrogen and oxygen atoms in total. The summed E-state index contributed by atoms with van der Waals surface area (Å²) in [6, 6.07) is 5.77. The van der Waals surface area contributed by atoms with Crippen molar-refractivity contribution in [2.45, 2.75) is 19.4 Å². The summed E-state index contributed by atoms with van der Waals surface area (Å²) < 4.78 is 16.6. The molecule has 2 aliphatic rings. The van der Waals surface area contributed by atoms with Gasteiger partial charge >= 0.3 is 0 Å². The second-order valence-electron chi connectivity index (χ2n) is 10.3. The van der Waals surface area contributed by atoms with Gasteiger partial charge in [0.1, 0.15) is 11.3 Å². The van der Waals surface area contributed by atoms with Crippen LogP contribution >= 0.6 is 11.6 Å². The lowest BCUT2D eigenvalue weighted by Gasteiger charge is -2.35. The van der Waals surface area contributed by atoms with Crippen LogP contribution in [0.25, 0.3) is 32.9 Å². The predicted molar refractivity (Wildman–Crippen MR) is 153 cm³/mol. The van der Waals surface area contributed by atoms with E-state index in [0.29, 0.717) is 54.5 Å². The Balaban J connectivity index is 1.50. The highest BCUT2D eigenvalue weighted by Crippen LogP contribution is 2.42. The van der Waals surface area contributed by atoms with Gasteiger partial charge in [-0.05, 0) is 50.7 Å². The maximum atomic E-state index is 16.6. The van der Waals surface area contributed by atoms with E-state index in [9.17, 15) is 4.79 Å². The molecule has 0 saturated carbocycles. The van der Waals surface area contributed by atoms with Crippen molar-refractivity contribution in [2.24, 2.45) is 0 Å². The largest absolute Gasteiger partial charge is 0.352 e. The van der Waals surface area contributed by atoms with Crippen molar-refractivity contribution in [3.63, 3.8) is 0 Å². The summed E-state index contributed by atoms with van der Waals surface area (Å²) in [5, 5.41) is 12.2. The number of nitrogens with zero attached hydrogens (tertiary/aromatic N) is 6. The number of nitrogens with one attached hydrogen (secondary N) is 2. The van der Waals surface area contributed by atoms with Crippen molar-refractivity contribution in [1.29, 1.82) is 0 Å². The number of anilines is 2. The van der Waals surface area contributed by atoms with Crippen LogP contribution in [0.2, 0.25) is 5.02 Å². The van der Waals surface area contributed by atoms with Gasteiger partial charge in [-0.25, -0.2) is 9.37 Å². The first-order valence-corrected chi connectivity index (χ1v) is 13.5. The lowest BCUT2D eigenvalue weighted by molar-refractivity contribution is -0.126. The minimum Gasteiger partial charge on any atom is -0.352 e. The van der Waals surface area contributed by atoms with E-state index < -0.39 is 5.82 Å². The highest BCUT2D eigenvalue weighted by molar-refractivity contribution is 6.35. The standard InChI is InChI=1S/C28H30ClFN8O/c1-4-22(39)37-9-11-38(12-10-37)27-18-13-20(29)24(23-16(2)5-6-21-19(23)14-31-35-21)25(30)26(18)33-28(34-27)32-17-7-8-36(3)15-17/h4-6,13-14,17H,1,7-12,15H2,2-3H3,(H,31,35)(H,32,33,34). The van der Waals surface area contributed by atoms with E-state index in [2.05, 4.69) is 38.9 Å². The fourth-order valence-corrected chi connectivity index (χ4v) is 5.96. The number of aryl methyl sites for hydroxylation is 1. The molecule has 4 heterocycles. The topological polar surface area (TPSA) is 93.3 Å². The molecule has 2 aliphatic heterocycles. The number of aromatic nitrogens is 4. The number of fused-ring (bicyclic) bond motifs is 2. The number of hydrogen-bond acceptors (Lipinski definition) is 7. The van der Waals surface area contributed by atoms with Crippen molar-refractivity contribution < 1.29 is 9.18 Å². The number of aromatic amines is 1. The van der Waals surface area contributed by atoms with Gasteiger partial charge in [0.05, 0.1) is 16.7 Å². The number of amides is 1. The molecule has 11 heteroatoms. The fourth-order valence-electron chi connectivity index (χ4n) is 5.68. The average Bonchev–Trinajstić information content (AvgIpc) is 3.58. The van der Waals surface area contributed by atoms with Gasteiger partial charge in [-0.2, -0.15) is 10.1 Å². The Bertz CT molecular complexity index is 1600. The third-order valence-electron chi connectivity index (χ3n) is 7.74. The molecule has 2 saturated heterocycles. The third-order valence-corrected chi connectivity index (χ3v) is 8.03. The van der Waals surface area contributed by atoms with Crippen molar-refractivity contribution >= 4 is 51.1 Å². The molecule has 0 bridgehead atoms. The number of likely N-dealkylation sites (tertiary alicyclic amines) is 1. The van der Waals surface area contributed by atoms with Crippen LogP contribution in [-0.2, 0) is 4.79 Å². The Morgan fingerprint density at radius 2 is 1.97 bits per heavy atom. The van der Waals surface area contributed by atoms with Crippen LogP contribution < -0.4 is 10.2 Å². The van der Waals surface area contributed by atoms with E-state index in [-0.39, 0.29) is 22.5 Å². The van der Waals surface area contributed by atoms with Crippen LogP contribution in [0.5, 0.6) is 0 Å². The SMILES string of the molecule is C=CC(=O)N1CCN(c2nc(NC3CCN(C)C3)nc3c(F)c(-c4c(C)ccc5[nH]ncc45)c(Cl)cc23)CC1. The van der Waals surface area contributed by atoms with Crippen LogP contribution in [0, 0.1) is 12.7 Å². The molecule has 1 unspecified atom stereocenters. The van der Waals surface area contributed by atoms with Crippen molar-refractivity contribution in [3.05, 3.63) is 53.5 Å². The molecule has 1 amide bonds. The molecule has 2 fully saturated rings. The van der Waals surface area contributed by atoms with Crippen LogP contribution in [-0.4, -0.2) is 88.2 Å². The Kier molecular flexibility index (Phi) is 6.60. The average molecular weight is 549 g/mol. The first-order valence-electron chi connectivity index (χ1n) is 13.1. The number of H-pyrrole nitrogens is 1. The van der Waals surface area contributed by atoms with Crippen molar-refractivity contribution in [2.75, 3.05) is 56.5 Å². The van der Waals surface area contributed by atoms with Crippen LogP contribution in [0.1, 0.15) is 12.0 Å². The molecule has 39 heavy (non-hydrogen) atoms. The number of piperazine rings is 1. The molecule has 2 aromatic heterocycles. The van der Waals surface area contributed by atoms with Gasteiger partial charge in [0.25, 0.3) is 0 Å². The molecule has 202 valence electrons. The summed E-state index contributed by atoms with van der Waals surface area (Å²) in [5.41, 5.74) is 2.88. The number of benzene rings is 2. The normalized spacial score (nSPS) is 18.3. The minimum atomic E-state index is -0.495. The van der Waals surface area contributed by atoms with E-state index in [4.69, 9.17) is 21.6 Å². The zero-order chi connectivity index (χ0) is 27.3. The van der Waals surface area contributed by atoms with E-state index in [1.54, 1.807) is 17.2 Å². The highest BCUT2D eigenvalue weighted by Gasteiger charge is 2.28. The summed E-state index contributed by atoms with van der Waals surface area (Å²) in [5.74, 6) is 0.389. The summed E-state index contributed by atoms with van der Waals surface area (Å²) >= 11 is 6.84. The molecule has 4 aromatic rings. The van der Waals surface area contributed by atoms with Gasteiger partial charge in [-0.15, -0.1) is 0 Å². The van der Waals surface area contributed by atoms with E-state index >= 15 is 4.39 Å². The molecular formula is C28H30ClFN8O. The number of likely N-dealkylation sites (N-methyl/N-ethyl adjacent to an activating group) is 1. The highest BCUT2D eigenvalue weighted by atomic mass is 35.5. The number of hydrogen-bond donors (Lipinski definition) is 2. The van der Waals surface area contributed by atoms with E-state index in [1.807, 2.05) is 19.1 Å². The maximum Gasteiger partial charge on any atom is 0.246 e. The van der Waals surface area contributed by atoms with E-state index in [1.165, 1.54) is 6.08 Å². The minimum absolute atomic E-state index is 0.0996. The van der Waals surface area contributed by atoms with Gasteiger partial charge in [0.15, 0.2) is 5.82 Å². The molecule has 0 radical (unpaired) electrons.